The van der Waals surface area contributed by atoms with Crippen molar-refractivity contribution in [1.29, 1.82) is 0 Å². The van der Waals surface area contributed by atoms with E-state index in [2.05, 4.69) is 40.8 Å². The van der Waals surface area contributed by atoms with Gasteiger partial charge in [0, 0.05) is 37.8 Å². The average Bonchev–Trinajstić information content (AvgIpc) is 3.12. The van der Waals surface area contributed by atoms with Gasteiger partial charge in [0.1, 0.15) is 6.23 Å². The predicted octanol–water partition coefficient (Wildman–Crippen LogP) is 1.27. The van der Waals surface area contributed by atoms with E-state index in [0.29, 0.717) is 5.41 Å². The standard InChI is InChI=1S/C18H27N3O2/c1-21-10-12-3-4-13(7-15(12)18(11-21)5-6-18)20-17(22)16-8-14(23-2)9-19-16/h3-4,7,14,16-17,19-20,22H,5-6,8-11H2,1-2H3/t14?,16-,17?/m1/s1. The van der Waals surface area contributed by atoms with Gasteiger partial charge in [-0.1, -0.05) is 6.07 Å². The molecule has 1 saturated heterocycles. The number of aliphatic hydroxyl groups is 1. The maximum atomic E-state index is 10.5. The zero-order valence-electron chi connectivity index (χ0n) is 14.0. The molecule has 0 aromatic heterocycles. The molecule has 2 heterocycles. The summed E-state index contributed by atoms with van der Waals surface area (Å²) in [5, 5.41) is 17.1. The number of nitrogens with zero attached hydrogens (tertiary/aromatic N) is 1. The molecule has 126 valence electrons. The Morgan fingerprint density at radius 2 is 2.26 bits per heavy atom. The molecule has 3 atom stereocenters. The highest BCUT2D eigenvalue weighted by molar-refractivity contribution is 5.54. The molecule has 5 nitrogen and oxygen atoms in total. The minimum absolute atomic E-state index is 0.0389. The monoisotopic (exact) mass is 317 g/mol. The molecule has 1 aromatic carbocycles. The SMILES string of the molecule is COC1CN[C@@H](C(O)Nc2ccc3c(c2)C2(CC2)CN(C)C3)C1. The number of rotatable bonds is 4. The third kappa shape index (κ3) is 2.87. The van der Waals surface area contributed by atoms with Crippen molar-refractivity contribution in [3.8, 4) is 0 Å². The van der Waals surface area contributed by atoms with Crippen molar-refractivity contribution >= 4 is 5.69 Å². The number of hydrogen-bond acceptors (Lipinski definition) is 5. The Labute approximate surface area is 138 Å². The molecule has 3 N–H and O–H groups in total. The molecule has 2 fully saturated rings. The normalized spacial score (nSPS) is 30.2. The summed E-state index contributed by atoms with van der Waals surface area (Å²) in [6.45, 7) is 2.99. The Morgan fingerprint density at radius 3 is 2.96 bits per heavy atom. The van der Waals surface area contributed by atoms with Crippen LogP contribution in [0.2, 0.25) is 0 Å². The summed E-state index contributed by atoms with van der Waals surface area (Å²) in [4.78, 5) is 2.42. The van der Waals surface area contributed by atoms with Crippen LogP contribution in [-0.4, -0.2) is 55.6 Å². The summed E-state index contributed by atoms with van der Waals surface area (Å²) < 4.78 is 5.36. The summed E-state index contributed by atoms with van der Waals surface area (Å²) in [5.41, 5.74) is 4.32. The van der Waals surface area contributed by atoms with Gasteiger partial charge in [-0.25, -0.2) is 0 Å². The van der Waals surface area contributed by atoms with E-state index in [-0.39, 0.29) is 12.1 Å². The van der Waals surface area contributed by atoms with Crippen LogP contribution in [0.3, 0.4) is 0 Å². The van der Waals surface area contributed by atoms with Gasteiger partial charge in [-0.2, -0.15) is 0 Å². The van der Waals surface area contributed by atoms with Crippen molar-refractivity contribution in [3.05, 3.63) is 29.3 Å². The van der Waals surface area contributed by atoms with Gasteiger partial charge in [-0.3, -0.25) is 0 Å². The van der Waals surface area contributed by atoms with E-state index in [1.165, 1.54) is 24.0 Å². The summed E-state index contributed by atoms with van der Waals surface area (Å²) in [6.07, 6.45) is 3.02. The van der Waals surface area contributed by atoms with Crippen LogP contribution in [0.5, 0.6) is 0 Å². The topological polar surface area (TPSA) is 56.8 Å². The molecular formula is C18H27N3O2. The van der Waals surface area contributed by atoms with Gasteiger partial charge in [0.2, 0.25) is 0 Å². The lowest BCUT2D eigenvalue weighted by molar-refractivity contribution is 0.106. The lowest BCUT2D eigenvalue weighted by Crippen LogP contribution is -2.40. The van der Waals surface area contributed by atoms with E-state index in [4.69, 9.17) is 4.74 Å². The number of anilines is 1. The van der Waals surface area contributed by atoms with Crippen LogP contribution < -0.4 is 10.6 Å². The van der Waals surface area contributed by atoms with Gasteiger partial charge in [-0.05, 0) is 49.6 Å². The van der Waals surface area contributed by atoms with Crippen LogP contribution in [0.1, 0.15) is 30.4 Å². The number of likely N-dealkylation sites (N-methyl/N-ethyl adjacent to an activating group) is 1. The second kappa shape index (κ2) is 5.74. The molecule has 4 rings (SSSR count). The van der Waals surface area contributed by atoms with Crippen molar-refractivity contribution < 1.29 is 9.84 Å². The quantitative estimate of drug-likeness (QED) is 0.730. The lowest BCUT2D eigenvalue weighted by atomic mass is 9.87. The molecule has 1 spiro atoms. The Balaban J connectivity index is 1.48. The zero-order valence-corrected chi connectivity index (χ0v) is 14.0. The maximum Gasteiger partial charge on any atom is 0.140 e. The number of methoxy groups -OCH3 is 1. The molecule has 1 aliphatic carbocycles. The Kier molecular flexibility index (Phi) is 3.84. The van der Waals surface area contributed by atoms with Gasteiger partial charge in [0.05, 0.1) is 12.1 Å². The molecule has 2 aliphatic heterocycles. The first-order chi connectivity index (χ1) is 11.1. The second-order valence-corrected chi connectivity index (χ2v) is 7.52. The van der Waals surface area contributed by atoms with Crippen molar-refractivity contribution in [2.75, 3.05) is 32.6 Å². The first-order valence-corrected chi connectivity index (χ1v) is 8.62. The van der Waals surface area contributed by atoms with Gasteiger partial charge in [0.15, 0.2) is 0 Å². The number of benzene rings is 1. The summed E-state index contributed by atoms with van der Waals surface area (Å²) in [7, 11) is 3.93. The van der Waals surface area contributed by atoms with Crippen molar-refractivity contribution in [3.63, 3.8) is 0 Å². The number of nitrogens with one attached hydrogen (secondary N) is 2. The number of ether oxygens (including phenoxy) is 1. The predicted molar refractivity (Wildman–Crippen MR) is 90.5 cm³/mol. The third-order valence-electron chi connectivity index (χ3n) is 5.70. The lowest BCUT2D eigenvalue weighted by Gasteiger charge is -2.33. The van der Waals surface area contributed by atoms with E-state index in [1.807, 2.05) is 0 Å². The second-order valence-electron chi connectivity index (χ2n) is 7.52. The van der Waals surface area contributed by atoms with Gasteiger partial charge in [-0.15, -0.1) is 0 Å². The fourth-order valence-electron chi connectivity index (χ4n) is 4.25. The molecule has 0 bridgehead atoms. The fourth-order valence-corrected chi connectivity index (χ4v) is 4.25. The minimum Gasteiger partial charge on any atom is -0.380 e. The zero-order chi connectivity index (χ0) is 16.0. The average molecular weight is 317 g/mol. The van der Waals surface area contributed by atoms with Gasteiger partial charge < -0.3 is 25.4 Å². The van der Waals surface area contributed by atoms with Crippen molar-refractivity contribution in [1.82, 2.24) is 10.2 Å². The van der Waals surface area contributed by atoms with Crippen molar-refractivity contribution in [2.45, 2.75) is 49.6 Å². The Morgan fingerprint density at radius 1 is 1.43 bits per heavy atom. The number of fused-ring (bicyclic) bond motifs is 2. The van der Waals surface area contributed by atoms with Crippen LogP contribution >= 0.6 is 0 Å². The van der Waals surface area contributed by atoms with E-state index < -0.39 is 6.23 Å². The maximum absolute atomic E-state index is 10.5. The molecule has 1 aromatic rings. The molecule has 1 saturated carbocycles. The van der Waals surface area contributed by atoms with Crippen LogP contribution in [0.15, 0.2) is 18.2 Å². The molecule has 5 heteroatoms. The Hall–Kier alpha value is -1.14. The number of aliphatic hydroxyl groups excluding tert-OH is 1. The van der Waals surface area contributed by atoms with Crippen LogP contribution in [0.25, 0.3) is 0 Å². The summed E-state index contributed by atoms with van der Waals surface area (Å²) >= 11 is 0. The summed E-state index contributed by atoms with van der Waals surface area (Å²) in [6, 6.07) is 6.62. The largest absolute Gasteiger partial charge is 0.380 e. The smallest absolute Gasteiger partial charge is 0.140 e. The first kappa shape index (κ1) is 15.4. The molecular weight excluding hydrogens is 290 g/mol. The first-order valence-electron chi connectivity index (χ1n) is 8.62. The number of hydrogen-bond donors (Lipinski definition) is 3. The van der Waals surface area contributed by atoms with Crippen molar-refractivity contribution in [2.24, 2.45) is 0 Å². The van der Waals surface area contributed by atoms with E-state index in [9.17, 15) is 5.11 Å². The Bertz CT molecular complexity index is 588. The third-order valence-corrected chi connectivity index (χ3v) is 5.70. The highest BCUT2D eigenvalue weighted by Crippen LogP contribution is 2.52. The molecule has 2 unspecified atom stereocenters. The minimum atomic E-state index is -0.588. The van der Waals surface area contributed by atoms with E-state index >= 15 is 0 Å². The molecule has 23 heavy (non-hydrogen) atoms. The highest BCUT2D eigenvalue weighted by atomic mass is 16.5. The van der Waals surface area contributed by atoms with Crippen LogP contribution in [0.4, 0.5) is 5.69 Å². The molecule has 0 amide bonds. The van der Waals surface area contributed by atoms with Crippen LogP contribution in [0, 0.1) is 0 Å². The van der Waals surface area contributed by atoms with Gasteiger partial charge in [0.25, 0.3) is 0 Å². The molecule has 0 radical (unpaired) electrons. The highest BCUT2D eigenvalue weighted by Gasteiger charge is 2.48. The van der Waals surface area contributed by atoms with E-state index in [1.54, 1.807) is 7.11 Å². The fraction of sp³-hybridized carbons (Fsp3) is 0.667. The summed E-state index contributed by atoms with van der Waals surface area (Å²) in [5.74, 6) is 0. The molecule has 3 aliphatic rings. The van der Waals surface area contributed by atoms with Gasteiger partial charge >= 0.3 is 0 Å². The van der Waals surface area contributed by atoms with E-state index in [0.717, 1.165) is 31.7 Å². The van der Waals surface area contributed by atoms with Crippen LogP contribution in [-0.2, 0) is 16.7 Å².